The van der Waals surface area contributed by atoms with Crippen LogP contribution in [0, 0.1) is 5.92 Å². The molecule has 1 heterocycles. The van der Waals surface area contributed by atoms with Crippen molar-refractivity contribution in [3.05, 3.63) is 11.1 Å². The molecule has 1 aromatic heterocycles. The zero-order valence-corrected chi connectivity index (χ0v) is 12.2. The van der Waals surface area contributed by atoms with Crippen LogP contribution in [-0.2, 0) is 0 Å². The lowest BCUT2D eigenvalue weighted by Gasteiger charge is -2.21. The van der Waals surface area contributed by atoms with Gasteiger partial charge in [0.05, 0.1) is 5.69 Å². The second-order valence-electron chi connectivity index (χ2n) is 5.31. The topological polar surface area (TPSA) is 74.2 Å². The number of aromatic nitrogens is 1. The van der Waals surface area contributed by atoms with Crippen LogP contribution in [0.2, 0.25) is 0 Å². The molecule has 1 fully saturated rings. The van der Waals surface area contributed by atoms with Gasteiger partial charge in [0.15, 0.2) is 5.13 Å². The van der Waals surface area contributed by atoms with Gasteiger partial charge in [-0.05, 0) is 25.2 Å². The van der Waals surface area contributed by atoms with Crippen LogP contribution in [0.15, 0.2) is 5.38 Å². The highest BCUT2D eigenvalue weighted by Gasteiger charge is 2.26. The average molecular weight is 283 g/mol. The quantitative estimate of drug-likeness (QED) is 0.751. The summed E-state index contributed by atoms with van der Waals surface area (Å²) in [7, 11) is 0. The van der Waals surface area contributed by atoms with Crippen LogP contribution in [-0.4, -0.2) is 28.8 Å². The Labute approximate surface area is 117 Å². The van der Waals surface area contributed by atoms with Crippen molar-refractivity contribution in [2.24, 2.45) is 5.92 Å². The zero-order chi connectivity index (χ0) is 13.8. The molecule has 2 rings (SSSR count). The molecule has 0 saturated heterocycles. The molecule has 2 amide bonds. The molecule has 5 nitrogen and oxygen atoms in total. The third-order valence-electron chi connectivity index (χ3n) is 3.30. The van der Waals surface area contributed by atoms with Crippen molar-refractivity contribution in [3.8, 4) is 0 Å². The average Bonchev–Trinajstić information content (AvgIpc) is 3.10. The summed E-state index contributed by atoms with van der Waals surface area (Å²) in [6.45, 7) is 4.12. The smallest absolute Gasteiger partial charge is 0.321 e. The Bertz CT molecular complexity index is 429. The number of carbonyl (C=O) groups is 1. The van der Waals surface area contributed by atoms with E-state index < -0.39 is 0 Å². The summed E-state index contributed by atoms with van der Waals surface area (Å²) < 4.78 is 0. The van der Waals surface area contributed by atoms with Crippen molar-refractivity contribution < 1.29 is 9.90 Å². The van der Waals surface area contributed by atoms with Crippen LogP contribution < -0.4 is 10.6 Å². The van der Waals surface area contributed by atoms with E-state index in [-0.39, 0.29) is 24.6 Å². The number of amides is 2. The Balaban J connectivity index is 1.84. The number of aliphatic hydroxyl groups is 1. The standard InChI is InChI=1S/C13H21N3O2S/c1-8(2)10(5-6-17)14-12(18)16-13-15-11(7-19-13)9-3-4-9/h7-10,17H,3-6H2,1-2H3,(H2,14,15,16,18). The van der Waals surface area contributed by atoms with Crippen LogP contribution in [0.4, 0.5) is 9.93 Å². The lowest BCUT2D eigenvalue weighted by molar-refractivity contribution is 0.227. The van der Waals surface area contributed by atoms with Crippen LogP contribution in [0.25, 0.3) is 0 Å². The van der Waals surface area contributed by atoms with E-state index in [0.717, 1.165) is 5.69 Å². The Morgan fingerprint density at radius 2 is 2.32 bits per heavy atom. The molecule has 1 aliphatic rings. The fourth-order valence-corrected chi connectivity index (χ4v) is 2.71. The van der Waals surface area contributed by atoms with Gasteiger partial charge in [-0.25, -0.2) is 9.78 Å². The summed E-state index contributed by atoms with van der Waals surface area (Å²) in [5, 5.41) is 17.3. The second kappa shape index (κ2) is 6.34. The zero-order valence-electron chi connectivity index (χ0n) is 11.3. The van der Waals surface area contributed by atoms with Gasteiger partial charge >= 0.3 is 6.03 Å². The number of aliphatic hydroxyl groups excluding tert-OH is 1. The van der Waals surface area contributed by atoms with Crippen LogP contribution in [0.1, 0.15) is 44.7 Å². The predicted octanol–water partition coefficient (Wildman–Crippen LogP) is 2.55. The first-order chi connectivity index (χ1) is 9.10. The van der Waals surface area contributed by atoms with E-state index >= 15 is 0 Å². The summed E-state index contributed by atoms with van der Waals surface area (Å²) >= 11 is 1.46. The number of hydrogen-bond acceptors (Lipinski definition) is 4. The van der Waals surface area contributed by atoms with Crippen molar-refractivity contribution in [2.45, 2.75) is 45.1 Å². The van der Waals surface area contributed by atoms with Crippen LogP contribution in [0.5, 0.6) is 0 Å². The fourth-order valence-electron chi connectivity index (χ4n) is 1.92. The number of rotatable bonds is 6. The molecule has 1 aliphatic carbocycles. The Kier molecular flexibility index (Phi) is 4.76. The molecule has 1 aromatic rings. The molecule has 106 valence electrons. The number of nitrogens with one attached hydrogen (secondary N) is 2. The van der Waals surface area contributed by atoms with Gasteiger partial charge in [0.1, 0.15) is 0 Å². The van der Waals surface area contributed by atoms with E-state index in [4.69, 9.17) is 5.11 Å². The van der Waals surface area contributed by atoms with Crippen molar-refractivity contribution in [1.82, 2.24) is 10.3 Å². The van der Waals surface area contributed by atoms with Crippen LogP contribution in [0.3, 0.4) is 0 Å². The number of nitrogens with zero attached hydrogens (tertiary/aromatic N) is 1. The van der Waals surface area contributed by atoms with Gasteiger partial charge in [0.25, 0.3) is 0 Å². The number of anilines is 1. The fraction of sp³-hybridized carbons (Fsp3) is 0.692. The van der Waals surface area contributed by atoms with E-state index in [1.807, 2.05) is 19.2 Å². The monoisotopic (exact) mass is 283 g/mol. The molecule has 0 aliphatic heterocycles. The molecule has 6 heteroatoms. The van der Waals surface area contributed by atoms with Gasteiger partial charge in [-0.2, -0.15) is 0 Å². The second-order valence-corrected chi connectivity index (χ2v) is 6.17. The molecule has 1 atom stereocenters. The van der Waals surface area contributed by atoms with E-state index in [1.54, 1.807) is 0 Å². The molecule has 0 spiro atoms. The van der Waals surface area contributed by atoms with Crippen molar-refractivity contribution in [3.63, 3.8) is 0 Å². The lowest BCUT2D eigenvalue weighted by atomic mass is 10.0. The van der Waals surface area contributed by atoms with Gasteiger partial charge < -0.3 is 10.4 Å². The summed E-state index contributed by atoms with van der Waals surface area (Å²) in [5.74, 6) is 0.892. The normalized spacial score (nSPS) is 16.4. The Morgan fingerprint density at radius 1 is 1.58 bits per heavy atom. The molecule has 19 heavy (non-hydrogen) atoms. The van der Waals surface area contributed by atoms with Crippen LogP contribution >= 0.6 is 11.3 Å². The molecule has 1 unspecified atom stereocenters. The maximum atomic E-state index is 11.9. The molecular formula is C13H21N3O2S. The Hall–Kier alpha value is -1.14. The highest BCUT2D eigenvalue weighted by Crippen LogP contribution is 2.40. The van der Waals surface area contributed by atoms with Gasteiger partial charge in [-0.15, -0.1) is 11.3 Å². The van der Waals surface area contributed by atoms with E-state index in [0.29, 0.717) is 17.5 Å². The number of thiazole rings is 1. The lowest BCUT2D eigenvalue weighted by Crippen LogP contribution is -2.41. The van der Waals surface area contributed by atoms with Crippen molar-refractivity contribution >= 4 is 22.5 Å². The highest BCUT2D eigenvalue weighted by atomic mass is 32.1. The summed E-state index contributed by atoms with van der Waals surface area (Å²) in [6.07, 6.45) is 2.98. The number of urea groups is 1. The van der Waals surface area contributed by atoms with E-state index in [1.165, 1.54) is 24.2 Å². The molecule has 0 aromatic carbocycles. The van der Waals surface area contributed by atoms with Gasteiger partial charge in [-0.1, -0.05) is 13.8 Å². The number of carbonyl (C=O) groups excluding carboxylic acids is 1. The minimum Gasteiger partial charge on any atom is -0.396 e. The van der Waals surface area contributed by atoms with Crippen molar-refractivity contribution in [1.29, 1.82) is 0 Å². The minimum absolute atomic E-state index is 0.0205. The first-order valence-corrected chi connectivity index (χ1v) is 7.62. The summed E-state index contributed by atoms with van der Waals surface area (Å²) in [5.41, 5.74) is 1.09. The molecule has 3 N–H and O–H groups in total. The Morgan fingerprint density at radius 3 is 2.89 bits per heavy atom. The van der Waals surface area contributed by atoms with Gasteiger partial charge in [0, 0.05) is 23.9 Å². The first kappa shape index (κ1) is 14.3. The maximum absolute atomic E-state index is 11.9. The van der Waals surface area contributed by atoms with E-state index in [9.17, 15) is 4.79 Å². The summed E-state index contributed by atoms with van der Waals surface area (Å²) in [4.78, 5) is 16.3. The van der Waals surface area contributed by atoms with Gasteiger partial charge in [0.2, 0.25) is 0 Å². The molecule has 0 radical (unpaired) electrons. The minimum atomic E-state index is -0.246. The third kappa shape index (κ3) is 4.18. The predicted molar refractivity (Wildman–Crippen MR) is 76.6 cm³/mol. The molecule has 0 bridgehead atoms. The van der Waals surface area contributed by atoms with E-state index in [2.05, 4.69) is 15.6 Å². The largest absolute Gasteiger partial charge is 0.396 e. The highest BCUT2D eigenvalue weighted by molar-refractivity contribution is 7.13. The summed E-state index contributed by atoms with van der Waals surface area (Å²) in [6, 6.07) is -0.267. The molecule has 1 saturated carbocycles. The first-order valence-electron chi connectivity index (χ1n) is 6.74. The van der Waals surface area contributed by atoms with Crippen molar-refractivity contribution in [2.75, 3.05) is 11.9 Å². The maximum Gasteiger partial charge on any atom is 0.321 e. The van der Waals surface area contributed by atoms with Gasteiger partial charge in [-0.3, -0.25) is 5.32 Å². The molecular weight excluding hydrogens is 262 g/mol. The SMILES string of the molecule is CC(C)C(CCO)NC(=O)Nc1nc(C2CC2)cs1. The number of hydrogen-bond donors (Lipinski definition) is 3. The third-order valence-corrected chi connectivity index (χ3v) is 4.08.